The summed E-state index contributed by atoms with van der Waals surface area (Å²) in [6, 6.07) is 14.3. The number of nitrogens with zero attached hydrogens (tertiary/aromatic N) is 1. The lowest BCUT2D eigenvalue weighted by molar-refractivity contribution is -0.134. The van der Waals surface area contributed by atoms with Gasteiger partial charge in [-0.25, -0.2) is 4.98 Å². The maximum Gasteiger partial charge on any atom is 0.311 e. The number of ether oxygens (including phenoxy) is 1. The predicted octanol–water partition coefficient (Wildman–Crippen LogP) is 5.82. The van der Waals surface area contributed by atoms with E-state index < -0.39 is 0 Å². The quantitative estimate of drug-likeness (QED) is 0.293. The van der Waals surface area contributed by atoms with Gasteiger partial charge in [-0.3, -0.25) is 14.9 Å². The molecule has 0 saturated heterocycles. The number of benzene rings is 2. The van der Waals surface area contributed by atoms with Crippen LogP contribution in [0.5, 0.6) is 5.75 Å². The van der Waals surface area contributed by atoms with Crippen LogP contribution in [0.4, 0.5) is 5.13 Å². The maximum atomic E-state index is 12.1. The van der Waals surface area contributed by atoms with Crippen molar-refractivity contribution in [2.24, 2.45) is 0 Å². The molecule has 0 fully saturated rings. The zero-order valence-electron chi connectivity index (χ0n) is 15.7. The van der Waals surface area contributed by atoms with Crippen LogP contribution >= 0.6 is 22.9 Å². The summed E-state index contributed by atoms with van der Waals surface area (Å²) in [6.07, 6.45) is 4.25. The smallest absolute Gasteiger partial charge is 0.311 e. The van der Waals surface area contributed by atoms with Crippen LogP contribution in [-0.4, -0.2) is 16.9 Å². The molecule has 1 amide bonds. The highest BCUT2D eigenvalue weighted by Gasteiger charge is 2.07. The summed E-state index contributed by atoms with van der Waals surface area (Å²) >= 11 is 7.25. The van der Waals surface area contributed by atoms with Gasteiger partial charge in [0, 0.05) is 28.5 Å². The van der Waals surface area contributed by atoms with Crippen molar-refractivity contribution in [2.45, 2.75) is 19.8 Å². The zero-order chi connectivity index (χ0) is 20.6. The van der Waals surface area contributed by atoms with Gasteiger partial charge in [0.2, 0.25) is 5.91 Å². The Bertz CT molecular complexity index is 1010. The highest BCUT2D eigenvalue weighted by molar-refractivity contribution is 7.14. The van der Waals surface area contributed by atoms with Gasteiger partial charge in [0.25, 0.3) is 0 Å². The Balaban J connectivity index is 1.56. The Morgan fingerprint density at radius 3 is 2.55 bits per heavy atom. The van der Waals surface area contributed by atoms with Crippen molar-refractivity contribution in [2.75, 3.05) is 5.32 Å². The molecule has 5 nitrogen and oxygen atoms in total. The van der Waals surface area contributed by atoms with Gasteiger partial charge in [-0.2, -0.15) is 0 Å². The fourth-order valence-electron chi connectivity index (χ4n) is 2.44. The highest BCUT2D eigenvalue weighted by atomic mass is 35.5. The number of halogens is 1. The number of aromatic nitrogens is 1. The number of amides is 1. The van der Waals surface area contributed by atoms with Gasteiger partial charge in [0.15, 0.2) is 5.13 Å². The summed E-state index contributed by atoms with van der Waals surface area (Å²) in [4.78, 5) is 28.1. The second-order valence-electron chi connectivity index (χ2n) is 6.16. The molecular formula is C22H19ClN2O3S. The Hall–Kier alpha value is -2.96. The zero-order valence-corrected chi connectivity index (χ0v) is 17.3. The molecule has 2 aromatic carbocycles. The van der Waals surface area contributed by atoms with Crippen molar-refractivity contribution >= 4 is 46.0 Å². The van der Waals surface area contributed by atoms with Crippen molar-refractivity contribution in [3.8, 4) is 17.0 Å². The van der Waals surface area contributed by atoms with Crippen molar-refractivity contribution in [1.29, 1.82) is 0 Å². The van der Waals surface area contributed by atoms with E-state index in [4.69, 9.17) is 16.3 Å². The lowest BCUT2D eigenvalue weighted by Crippen LogP contribution is -2.07. The summed E-state index contributed by atoms with van der Waals surface area (Å²) in [6.45, 7) is 1.92. The maximum absolute atomic E-state index is 12.1. The first-order valence-corrected chi connectivity index (χ1v) is 10.3. The number of hydrogen-bond acceptors (Lipinski definition) is 5. The number of thiazole rings is 1. The number of hydrogen-bond donors (Lipinski definition) is 1. The molecular weight excluding hydrogens is 408 g/mol. The fraction of sp³-hybridized carbons (Fsp3) is 0.136. The molecule has 0 radical (unpaired) electrons. The lowest BCUT2D eigenvalue weighted by atomic mass is 10.2. The van der Waals surface area contributed by atoms with E-state index in [9.17, 15) is 9.59 Å². The largest absolute Gasteiger partial charge is 0.427 e. The highest BCUT2D eigenvalue weighted by Crippen LogP contribution is 2.26. The van der Waals surface area contributed by atoms with Gasteiger partial charge in [0.1, 0.15) is 5.75 Å². The summed E-state index contributed by atoms with van der Waals surface area (Å²) in [5, 5.41) is 5.81. The van der Waals surface area contributed by atoms with Crippen LogP contribution in [0.1, 0.15) is 25.3 Å². The van der Waals surface area contributed by atoms with Crippen LogP contribution < -0.4 is 10.1 Å². The first-order chi connectivity index (χ1) is 14.0. The number of carbonyl (C=O) groups excluding carboxylic acids is 2. The van der Waals surface area contributed by atoms with E-state index >= 15 is 0 Å². The van der Waals surface area contributed by atoms with E-state index in [1.165, 1.54) is 17.4 Å². The second kappa shape index (κ2) is 10.0. The monoisotopic (exact) mass is 426 g/mol. The third-order valence-electron chi connectivity index (χ3n) is 3.87. The molecule has 1 heterocycles. The first-order valence-electron chi connectivity index (χ1n) is 9.05. The number of carbonyl (C=O) groups is 2. The Kier molecular flexibility index (Phi) is 7.16. The number of esters is 1. The minimum atomic E-state index is -0.277. The van der Waals surface area contributed by atoms with E-state index in [1.54, 1.807) is 42.5 Å². The molecule has 0 bridgehead atoms. The Labute approximate surface area is 178 Å². The molecule has 0 aliphatic heterocycles. The summed E-state index contributed by atoms with van der Waals surface area (Å²) in [5.41, 5.74) is 2.53. The van der Waals surface area contributed by atoms with E-state index in [0.29, 0.717) is 22.3 Å². The second-order valence-corrected chi connectivity index (χ2v) is 7.46. The van der Waals surface area contributed by atoms with Gasteiger partial charge < -0.3 is 4.74 Å². The van der Waals surface area contributed by atoms with Crippen LogP contribution in [0.2, 0.25) is 5.02 Å². The van der Waals surface area contributed by atoms with E-state index in [-0.39, 0.29) is 11.9 Å². The van der Waals surface area contributed by atoms with Crippen molar-refractivity contribution in [3.05, 3.63) is 70.6 Å². The van der Waals surface area contributed by atoms with E-state index in [1.807, 2.05) is 24.4 Å². The van der Waals surface area contributed by atoms with Crippen molar-refractivity contribution in [1.82, 2.24) is 4.98 Å². The Morgan fingerprint density at radius 2 is 1.86 bits per heavy atom. The molecule has 1 aromatic heterocycles. The van der Waals surface area contributed by atoms with Crippen LogP contribution in [0.3, 0.4) is 0 Å². The molecule has 7 heteroatoms. The molecule has 148 valence electrons. The van der Waals surface area contributed by atoms with Gasteiger partial charge in [-0.1, -0.05) is 42.8 Å². The molecule has 0 aliphatic rings. The predicted molar refractivity (Wildman–Crippen MR) is 117 cm³/mol. The minimum absolute atomic E-state index is 0.253. The molecule has 3 aromatic rings. The summed E-state index contributed by atoms with van der Waals surface area (Å²) in [5.74, 6) is -0.0420. The fourth-order valence-corrected chi connectivity index (χ4v) is 3.29. The van der Waals surface area contributed by atoms with Gasteiger partial charge in [0.05, 0.1) is 5.69 Å². The molecule has 0 unspecified atom stereocenters. The van der Waals surface area contributed by atoms with Crippen LogP contribution in [0, 0.1) is 0 Å². The topological polar surface area (TPSA) is 68.3 Å². The molecule has 29 heavy (non-hydrogen) atoms. The van der Waals surface area contributed by atoms with Crippen LogP contribution in [0.15, 0.2) is 60.0 Å². The van der Waals surface area contributed by atoms with Gasteiger partial charge >= 0.3 is 5.97 Å². The third kappa shape index (κ3) is 6.27. The minimum Gasteiger partial charge on any atom is -0.427 e. The Morgan fingerprint density at radius 1 is 1.14 bits per heavy atom. The van der Waals surface area contributed by atoms with Crippen LogP contribution in [0.25, 0.3) is 17.3 Å². The summed E-state index contributed by atoms with van der Waals surface area (Å²) in [7, 11) is 0. The third-order valence-corrected chi connectivity index (χ3v) is 4.88. The molecule has 3 rings (SSSR count). The van der Waals surface area contributed by atoms with Crippen molar-refractivity contribution < 1.29 is 14.3 Å². The molecule has 0 aliphatic carbocycles. The normalized spacial score (nSPS) is 10.8. The SMILES string of the molecule is CCCC(=O)Oc1ccc(C=CC(=O)Nc2nc(-c3ccc(Cl)cc3)cs2)cc1. The van der Waals surface area contributed by atoms with Gasteiger partial charge in [-0.15, -0.1) is 11.3 Å². The molecule has 0 atom stereocenters. The van der Waals surface area contributed by atoms with Crippen molar-refractivity contribution in [3.63, 3.8) is 0 Å². The standard InChI is InChI=1S/C22H19ClN2O3S/c1-2-3-21(27)28-18-11-4-15(5-12-18)6-13-20(26)25-22-24-19(14-29-22)16-7-9-17(23)10-8-16/h4-14H,2-3H2,1H3,(H,24,25,26). The molecule has 0 saturated carbocycles. The van der Waals surface area contributed by atoms with E-state index in [0.717, 1.165) is 23.2 Å². The first kappa shape index (κ1) is 20.8. The van der Waals surface area contributed by atoms with Crippen LogP contribution in [-0.2, 0) is 9.59 Å². The summed E-state index contributed by atoms with van der Waals surface area (Å²) < 4.78 is 5.20. The molecule has 0 spiro atoms. The number of nitrogens with one attached hydrogen (secondary N) is 1. The lowest BCUT2D eigenvalue weighted by Gasteiger charge is -2.03. The number of anilines is 1. The molecule has 1 N–H and O–H groups in total. The number of rotatable bonds is 7. The van der Waals surface area contributed by atoms with Gasteiger partial charge in [-0.05, 0) is 42.3 Å². The average Bonchev–Trinajstić information content (AvgIpc) is 3.16. The average molecular weight is 427 g/mol. The van der Waals surface area contributed by atoms with E-state index in [2.05, 4.69) is 10.3 Å².